The van der Waals surface area contributed by atoms with E-state index < -0.39 is 6.10 Å². The molecule has 0 aromatic heterocycles. The average molecular weight is 317 g/mol. The van der Waals surface area contributed by atoms with E-state index in [1.165, 1.54) is 24.8 Å². The summed E-state index contributed by atoms with van der Waals surface area (Å²) in [7, 11) is 0. The molecule has 1 saturated heterocycles. The molecular weight excluding hydrogens is 286 g/mol. The first-order chi connectivity index (χ1) is 10.7. The molecular formula is C20H31NO2. The molecule has 128 valence electrons. The quantitative estimate of drug-likeness (QED) is 0.900. The highest BCUT2D eigenvalue weighted by molar-refractivity contribution is 5.26. The molecule has 1 aliphatic carbocycles. The van der Waals surface area contributed by atoms with Crippen molar-refractivity contribution in [3.05, 3.63) is 29.8 Å². The molecule has 1 aromatic rings. The standard InChI is InChI=1S/C20H31NO2/c1-15-5-7-18(8-6-15)23-12-17(22)11-21-14-20(4)10-16(21)9-19(2,3)13-20/h5-8,16-17,22H,9-14H2,1-4H3/t16-,17-,20-/m1/s1. The highest BCUT2D eigenvalue weighted by Crippen LogP contribution is 2.52. The molecule has 3 nitrogen and oxygen atoms in total. The molecule has 2 bridgehead atoms. The lowest BCUT2D eigenvalue weighted by Crippen LogP contribution is -2.39. The Morgan fingerprint density at radius 3 is 2.61 bits per heavy atom. The van der Waals surface area contributed by atoms with Gasteiger partial charge in [0.25, 0.3) is 0 Å². The van der Waals surface area contributed by atoms with E-state index in [2.05, 4.69) is 32.6 Å². The van der Waals surface area contributed by atoms with Crippen molar-refractivity contribution in [2.75, 3.05) is 19.7 Å². The summed E-state index contributed by atoms with van der Waals surface area (Å²) in [5.41, 5.74) is 2.07. The number of aliphatic hydroxyl groups is 1. The molecule has 2 aliphatic rings. The molecule has 3 rings (SSSR count). The van der Waals surface area contributed by atoms with Crippen molar-refractivity contribution in [1.82, 2.24) is 4.90 Å². The summed E-state index contributed by atoms with van der Waals surface area (Å²) in [6.45, 7) is 11.5. The van der Waals surface area contributed by atoms with Gasteiger partial charge in [-0.1, -0.05) is 38.5 Å². The monoisotopic (exact) mass is 317 g/mol. The Morgan fingerprint density at radius 1 is 1.22 bits per heavy atom. The number of rotatable bonds is 5. The van der Waals surface area contributed by atoms with Crippen LogP contribution in [0, 0.1) is 17.8 Å². The highest BCUT2D eigenvalue weighted by atomic mass is 16.5. The smallest absolute Gasteiger partial charge is 0.119 e. The first kappa shape index (κ1) is 16.8. The Hall–Kier alpha value is -1.06. The minimum Gasteiger partial charge on any atom is -0.491 e. The number of benzene rings is 1. The molecule has 1 aliphatic heterocycles. The maximum Gasteiger partial charge on any atom is 0.119 e. The van der Waals surface area contributed by atoms with Crippen LogP contribution in [0.25, 0.3) is 0 Å². The topological polar surface area (TPSA) is 32.7 Å². The molecule has 2 fully saturated rings. The van der Waals surface area contributed by atoms with Crippen molar-refractivity contribution in [2.45, 2.75) is 59.1 Å². The van der Waals surface area contributed by atoms with Crippen LogP contribution >= 0.6 is 0 Å². The summed E-state index contributed by atoms with van der Waals surface area (Å²) in [5, 5.41) is 10.4. The van der Waals surface area contributed by atoms with Crippen LogP contribution in [0.2, 0.25) is 0 Å². The lowest BCUT2D eigenvalue weighted by Gasteiger charge is -2.40. The maximum atomic E-state index is 10.4. The molecule has 1 aromatic carbocycles. The number of likely N-dealkylation sites (tertiary alicyclic amines) is 1. The number of fused-ring (bicyclic) bond motifs is 2. The summed E-state index contributed by atoms with van der Waals surface area (Å²) < 4.78 is 5.73. The van der Waals surface area contributed by atoms with Crippen molar-refractivity contribution in [3.63, 3.8) is 0 Å². The Balaban J connectivity index is 1.52. The van der Waals surface area contributed by atoms with E-state index in [0.717, 1.165) is 18.8 Å². The summed E-state index contributed by atoms with van der Waals surface area (Å²) >= 11 is 0. The first-order valence-electron chi connectivity index (χ1n) is 8.86. The van der Waals surface area contributed by atoms with Crippen LogP contribution in [0.1, 0.15) is 45.6 Å². The summed E-state index contributed by atoms with van der Waals surface area (Å²) in [6, 6.07) is 8.63. The minimum absolute atomic E-state index is 0.367. The van der Waals surface area contributed by atoms with Crippen LogP contribution in [-0.2, 0) is 0 Å². The van der Waals surface area contributed by atoms with Crippen LogP contribution in [-0.4, -0.2) is 41.8 Å². The number of hydrogen-bond donors (Lipinski definition) is 1. The molecule has 1 heterocycles. The van der Waals surface area contributed by atoms with Gasteiger partial charge in [0, 0.05) is 19.1 Å². The second-order valence-electron chi connectivity index (χ2n) is 8.92. The number of nitrogens with zero attached hydrogens (tertiary/aromatic N) is 1. The third-order valence-corrected chi connectivity index (χ3v) is 5.43. The Kier molecular flexibility index (Phi) is 4.45. The molecule has 1 saturated carbocycles. The molecule has 0 unspecified atom stereocenters. The molecule has 0 radical (unpaired) electrons. The third-order valence-electron chi connectivity index (χ3n) is 5.43. The van der Waals surface area contributed by atoms with Crippen molar-refractivity contribution >= 4 is 0 Å². The van der Waals surface area contributed by atoms with E-state index in [1.807, 2.05) is 24.3 Å². The van der Waals surface area contributed by atoms with E-state index in [-0.39, 0.29) is 0 Å². The van der Waals surface area contributed by atoms with Crippen LogP contribution < -0.4 is 4.74 Å². The summed E-state index contributed by atoms with van der Waals surface area (Å²) in [6.07, 6.45) is 3.39. The number of ether oxygens (including phenoxy) is 1. The fourth-order valence-electron chi connectivity index (χ4n) is 4.94. The van der Waals surface area contributed by atoms with E-state index >= 15 is 0 Å². The van der Waals surface area contributed by atoms with Crippen LogP contribution in [0.5, 0.6) is 5.75 Å². The second kappa shape index (κ2) is 6.10. The van der Waals surface area contributed by atoms with Gasteiger partial charge < -0.3 is 9.84 Å². The van der Waals surface area contributed by atoms with Gasteiger partial charge in [0.1, 0.15) is 18.5 Å². The normalized spacial score (nSPS) is 31.1. The van der Waals surface area contributed by atoms with Gasteiger partial charge in [-0.2, -0.15) is 0 Å². The van der Waals surface area contributed by atoms with Gasteiger partial charge in [-0.15, -0.1) is 0 Å². The van der Waals surface area contributed by atoms with E-state index in [1.54, 1.807) is 0 Å². The number of aliphatic hydroxyl groups excluding tert-OH is 1. The molecule has 1 N–H and O–H groups in total. The van der Waals surface area contributed by atoms with Crippen molar-refractivity contribution in [2.24, 2.45) is 10.8 Å². The summed E-state index contributed by atoms with van der Waals surface area (Å²) in [5.74, 6) is 0.836. The van der Waals surface area contributed by atoms with Crippen LogP contribution in [0.3, 0.4) is 0 Å². The van der Waals surface area contributed by atoms with E-state index in [0.29, 0.717) is 23.5 Å². The molecule has 23 heavy (non-hydrogen) atoms. The Bertz CT molecular complexity index is 539. The predicted molar refractivity (Wildman–Crippen MR) is 93.8 cm³/mol. The van der Waals surface area contributed by atoms with E-state index in [4.69, 9.17) is 4.74 Å². The molecule has 0 amide bonds. The maximum absolute atomic E-state index is 10.4. The lowest BCUT2D eigenvalue weighted by molar-refractivity contribution is 0.0585. The second-order valence-corrected chi connectivity index (χ2v) is 8.92. The van der Waals surface area contributed by atoms with Crippen LogP contribution in [0.4, 0.5) is 0 Å². The SMILES string of the molecule is Cc1ccc(OC[C@H](O)CN2C[C@]3(C)C[C@H]2CC(C)(C)C3)cc1. The van der Waals surface area contributed by atoms with Gasteiger partial charge >= 0.3 is 0 Å². The van der Waals surface area contributed by atoms with Gasteiger partial charge in [0.2, 0.25) is 0 Å². The predicted octanol–water partition coefficient (Wildman–Crippen LogP) is 3.64. The fourth-order valence-corrected chi connectivity index (χ4v) is 4.94. The Morgan fingerprint density at radius 2 is 1.91 bits per heavy atom. The largest absolute Gasteiger partial charge is 0.491 e. The lowest BCUT2D eigenvalue weighted by atomic mass is 9.65. The third kappa shape index (κ3) is 4.07. The van der Waals surface area contributed by atoms with Gasteiger partial charge in [-0.25, -0.2) is 0 Å². The average Bonchev–Trinajstić information content (AvgIpc) is 2.67. The van der Waals surface area contributed by atoms with Crippen molar-refractivity contribution in [3.8, 4) is 5.75 Å². The zero-order valence-electron chi connectivity index (χ0n) is 15.0. The molecule has 3 atom stereocenters. The first-order valence-corrected chi connectivity index (χ1v) is 8.86. The molecule has 0 spiro atoms. The van der Waals surface area contributed by atoms with Crippen molar-refractivity contribution < 1.29 is 9.84 Å². The fraction of sp³-hybridized carbons (Fsp3) is 0.700. The zero-order chi connectivity index (χ0) is 16.7. The van der Waals surface area contributed by atoms with Gasteiger partial charge in [0.05, 0.1) is 0 Å². The van der Waals surface area contributed by atoms with E-state index in [9.17, 15) is 5.11 Å². The minimum atomic E-state index is -0.428. The highest BCUT2D eigenvalue weighted by Gasteiger charge is 2.49. The zero-order valence-corrected chi connectivity index (χ0v) is 15.0. The number of aryl methyl sites for hydroxylation is 1. The number of β-amino-alcohol motifs (C(OH)–C–C–N with tert-alkyl or cyclic N) is 1. The van der Waals surface area contributed by atoms with Gasteiger partial charge in [-0.05, 0) is 49.1 Å². The Labute approximate surface area is 140 Å². The van der Waals surface area contributed by atoms with Crippen LogP contribution in [0.15, 0.2) is 24.3 Å². The van der Waals surface area contributed by atoms with Crippen molar-refractivity contribution in [1.29, 1.82) is 0 Å². The van der Waals surface area contributed by atoms with Gasteiger partial charge in [0.15, 0.2) is 0 Å². The van der Waals surface area contributed by atoms with Gasteiger partial charge in [-0.3, -0.25) is 4.90 Å². The number of hydrogen-bond acceptors (Lipinski definition) is 3. The molecule has 3 heteroatoms. The summed E-state index contributed by atoms with van der Waals surface area (Å²) in [4.78, 5) is 2.50.